The Morgan fingerprint density at radius 1 is 1.21 bits per heavy atom. The highest BCUT2D eigenvalue weighted by atomic mass is 16.5. The van der Waals surface area contributed by atoms with Crippen LogP contribution in [0.25, 0.3) is 0 Å². The van der Waals surface area contributed by atoms with Gasteiger partial charge >= 0.3 is 0 Å². The molecule has 1 unspecified atom stereocenters. The number of hydrogen-bond donors (Lipinski definition) is 1. The lowest BCUT2D eigenvalue weighted by Crippen LogP contribution is -2.09. The van der Waals surface area contributed by atoms with Gasteiger partial charge in [0.2, 0.25) is 0 Å². The second-order valence-electron chi connectivity index (χ2n) is 4.53. The van der Waals surface area contributed by atoms with Crippen LogP contribution in [0, 0.1) is 6.92 Å². The Hall–Kier alpha value is -2.03. The number of nitrogens with one attached hydrogen (secondary N) is 1. The van der Waals surface area contributed by atoms with Crippen LogP contribution in [0.5, 0.6) is 5.75 Å². The van der Waals surface area contributed by atoms with Crippen molar-refractivity contribution in [1.82, 2.24) is 4.98 Å². The monoisotopic (exact) mass is 256 g/mol. The molecule has 1 heterocycles. The molecule has 0 radical (unpaired) electrons. The molecule has 3 heteroatoms. The van der Waals surface area contributed by atoms with Crippen molar-refractivity contribution in [3.05, 3.63) is 53.9 Å². The van der Waals surface area contributed by atoms with Crippen LogP contribution >= 0.6 is 0 Å². The zero-order chi connectivity index (χ0) is 13.7. The van der Waals surface area contributed by atoms with E-state index in [1.54, 1.807) is 0 Å². The van der Waals surface area contributed by atoms with Gasteiger partial charge in [-0.05, 0) is 39.0 Å². The third-order valence-corrected chi connectivity index (χ3v) is 2.98. The van der Waals surface area contributed by atoms with E-state index in [0.717, 1.165) is 22.7 Å². The largest absolute Gasteiger partial charge is 0.494 e. The molecule has 0 aliphatic carbocycles. The second kappa shape index (κ2) is 6.23. The van der Waals surface area contributed by atoms with Gasteiger partial charge in [-0.25, -0.2) is 0 Å². The summed E-state index contributed by atoms with van der Waals surface area (Å²) in [7, 11) is 0. The number of ether oxygens (including phenoxy) is 1. The van der Waals surface area contributed by atoms with Gasteiger partial charge in [-0.1, -0.05) is 18.2 Å². The predicted octanol–water partition coefficient (Wildman–Crippen LogP) is 3.96. The number of anilines is 1. The summed E-state index contributed by atoms with van der Waals surface area (Å²) in [5.41, 5.74) is 3.20. The third kappa shape index (κ3) is 3.47. The van der Waals surface area contributed by atoms with Gasteiger partial charge in [-0.3, -0.25) is 4.98 Å². The highest BCUT2D eigenvalue weighted by molar-refractivity contribution is 5.46. The molecular formula is C16H20N2O. The van der Waals surface area contributed by atoms with Crippen molar-refractivity contribution in [2.45, 2.75) is 26.8 Å². The van der Waals surface area contributed by atoms with Crippen LogP contribution in [0.1, 0.15) is 31.1 Å². The highest BCUT2D eigenvalue weighted by Gasteiger charge is 2.10. The van der Waals surface area contributed by atoms with Gasteiger partial charge in [0, 0.05) is 11.3 Å². The normalized spacial score (nSPS) is 11.9. The highest BCUT2D eigenvalue weighted by Crippen LogP contribution is 2.27. The first-order chi connectivity index (χ1) is 9.20. The first-order valence-corrected chi connectivity index (χ1v) is 6.61. The van der Waals surface area contributed by atoms with Gasteiger partial charge in [-0.15, -0.1) is 0 Å². The Morgan fingerprint density at radius 3 is 2.68 bits per heavy atom. The van der Waals surface area contributed by atoms with Gasteiger partial charge < -0.3 is 10.1 Å². The fourth-order valence-electron chi connectivity index (χ4n) is 2.01. The van der Waals surface area contributed by atoms with E-state index in [1.807, 2.05) is 50.4 Å². The summed E-state index contributed by atoms with van der Waals surface area (Å²) < 4.78 is 5.66. The SMILES string of the molecule is CCOc1ccccc1C(C)Nc1ccc(C)nc1. The first-order valence-electron chi connectivity index (χ1n) is 6.61. The molecule has 1 aromatic heterocycles. The number of aromatic nitrogens is 1. The Bertz CT molecular complexity index is 523. The quantitative estimate of drug-likeness (QED) is 0.879. The van der Waals surface area contributed by atoms with Crippen LogP contribution in [-0.4, -0.2) is 11.6 Å². The Morgan fingerprint density at radius 2 is 2.00 bits per heavy atom. The molecule has 0 aliphatic rings. The Labute approximate surface area is 114 Å². The zero-order valence-electron chi connectivity index (χ0n) is 11.7. The van der Waals surface area contributed by atoms with Crippen molar-refractivity contribution in [1.29, 1.82) is 0 Å². The molecule has 2 rings (SSSR count). The minimum Gasteiger partial charge on any atom is -0.494 e. The molecule has 0 saturated heterocycles. The van der Waals surface area contributed by atoms with Crippen molar-refractivity contribution < 1.29 is 4.74 Å². The molecular weight excluding hydrogens is 236 g/mol. The van der Waals surface area contributed by atoms with E-state index in [9.17, 15) is 0 Å². The van der Waals surface area contributed by atoms with Crippen LogP contribution in [0.4, 0.5) is 5.69 Å². The molecule has 1 atom stereocenters. The topological polar surface area (TPSA) is 34.1 Å². The maximum Gasteiger partial charge on any atom is 0.124 e. The van der Waals surface area contributed by atoms with Crippen LogP contribution in [0.15, 0.2) is 42.6 Å². The van der Waals surface area contributed by atoms with E-state index in [4.69, 9.17) is 4.74 Å². The van der Waals surface area contributed by atoms with Crippen molar-refractivity contribution in [2.24, 2.45) is 0 Å². The zero-order valence-corrected chi connectivity index (χ0v) is 11.7. The predicted molar refractivity (Wildman–Crippen MR) is 78.6 cm³/mol. The van der Waals surface area contributed by atoms with Crippen molar-refractivity contribution in [2.75, 3.05) is 11.9 Å². The molecule has 0 saturated carbocycles. The maximum absolute atomic E-state index is 5.66. The summed E-state index contributed by atoms with van der Waals surface area (Å²) in [6.07, 6.45) is 1.86. The molecule has 1 N–H and O–H groups in total. The van der Waals surface area contributed by atoms with Crippen molar-refractivity contribution >= 4 is 5.69 Å². The molecule has 3 nitrogen and oxygen atoms in total. The van der Waals surface area contributed by atoms with Crippen molar-refractivity contribution in [3.63, 3.8) is 0 Å². The van der Waals surface area contributed by atoms with E-state index in [1.165, 1.54) is 0 Å². The lowest BCUT2D eigenvalue weighted by Gasteiger charge is -2.18. The average Bonchev–Trinajstić information content (AvgIpc) is 2.42. The van der Waals surface area contributed by atoms with Gasteiger partial charge in [0.15, 0.2) is 0 Å². The van der Waals surface area contributed by atoms with E-state index in [-0.39, 0.29) is 6.04 Å². The molecule has 0 bridgehead atoms. The molecule has 0 amide bonds. The van der Waals surface area contributed by atoms with Gasteiger partial charge in [0.05, 0.1) is 24.5 Å². The van der Waals surface area contributed by atoms with Crippen LogP contribution in [0.2, 0.25) is 0 Å². The lowest BCUT2D eigenvalue weighted by atomic mass is 10.1. The minimum atomic E-state index is 0.173. The van der Waals surface area contributed by atoms with E-state index in [2.05, 4.69) is 23.3 Å². The molecule has 1 aromatic carbocycles. The summed E-state index contributed by atoms with van der Waals surface area (Å²) in [4.78, 5) is 4.29. The fraction of sp³-hybridized carbons (Fsp3) is 0.312. The summed E-state index contributed by atoms with van der Waals surface area (Å²) >= 11 is 0. The Kier molecular flexibility index (Phi) is 4.39. The molecule has 0 spiro atoms. The van der Waals surface area contributed by atoms with E-state index in [0.29, 0.717) is 6.61 Å². The lowest BCUT2D eigenvalue weighted by molar-refractivity contribution is 0.335. The number of benzene rings is 1. The summed E-state index contributed by atoms with van der Waals surface area (Å²) in [5.74, 6) is 0.935. The van der Waals surface area contributed by atoms with Crippen LogP contribution in [0.3, 0.4) is 0 Å². The first kappa shape index (κ1) is 13.4. The average molecular weight is 256 g/mol. The number of aryl methyl sites for hydroxylation is 1. The number of nitrogens with zero attached hydrogens (tertiary/aromatic N) is 1. The van der Waals surface area contributed by atoms with E-state index < -0.39 is 0 Å². The summed E-state index contributed by atoms with van der Waals surface area (Å²) in [6.45, 7) is 6.78. The van der Waals surface area contributed by atoms with Gasteiger partial charge in [-0.2, -0.15) is 0 Å². The van der Waals surface area contributed by atoms with Crippen molar-refractivity contribution in [3.8, 4) is 5.75 Å². The molecule has 0 aliphatic heterocycles. The third-order valence-electron chi connectivity index (χ3n) is 2.98. The molecule has 19 heavy (non-hydrogen) atoms. The molecule has 100 valence electrons. The number of hydrogen-bond acceptors (Lipinski definition) is 3. The summed E-state index contributed by atoms with van der Waals surface area (Å²) in [5, 5.41) is 3.44. The maximum atomic E-state index is 5.66. The minimum absolute atomic E-state index is 0.173. The smallest absolute Gasteiger partial charge is 0.124 e. The van der Waals surface area contributed by atoms with Crippen LogP contribution < -0.4 is 10.1 Å². The second-order valence-corrected chi connectivity index (χ2v) is 4.53. The standard InChI is InChI=1S/C16H20N2O/c1-4-19-16-8-6-5-7-15(16)13(3)18-14-10-9-12(2)17-11-14/h5-11,13,18H,4H2,1-3H3. The number of para-hydroxylation sites is 1. The molecule has 0 fully saturated rings. The van der Waals surface area contributed by atoms with Gasteiger partial charge in [0.1, 0.15) is 5.75 Å². The Balaban J connectivity index is 2.15. The fourth-order valence-corrected chi connectivity index (χ4v) is 2.01. The number of rotatable bonds is 5. The van der Waals surface area contributed by atoms with Crippen LogP contribution in [-0.2, 0) is 0 Å². The molecule has 2 aromatic rings. The van der Waals surface area contributed by atoms with Gasteiger partial charge in [0.25, 0.3) is 0 Å². The summed E-state index contributed by atoms with van der Waals surface area (Å²) in [6, 6.07) is 12.3. The number of pyridine rings is 1. The van der Waals surface area contributed by atoms with E-state index >= 15 is 0 Å².